The van der Waals surface area contributed by atoms with Crippen LogP contribution in [0.15, 0.2) is 164 Å². The summed E-state index contributed by atoms with van der Waals surface area (Å²) in [5.41, 5.74) is 3.28. The van der Waals surface area contributed by atoms with Crippen LogP contribution in [0, 0.1) is 25.2 Å². The molecule has 8 aromatic carbocycles. The fourth-order valence-electron chi connectivity index (χ4n) is 8.89. The van der Waals surface area contributed by atoms with Crippen LogP contribution in [0.2, 0.25) is 0 Å². The zero-order valence-electron chi connectivity index (χ0n) is 33.2. The topological polar surface area (TPSA) is 33.6 Å². The second-order valence-corrected chi connectivity index (χ2v) is 15.6. The number of fused-ring (bicyclic) bond motifs is 6. The average Bonchev–Trinajstić information content (AvgIpc) is 3.77. The molecular weight excluding hydrogens is 793 g/mol. The van der Waals surface area contributed by atoms with Gasteiger partial charge in [0.1, 0.15) is 0 Å². The lowest BCUT2D eigenvalue weighted by Crippen LogP contribution is -2.16. The zero-order chi connectivity index (χ0) is 43.1. The fraction of sp³-hybridized carbons (Fsp3) is 0.0755. The van der Waals surface area contributed by atoms with Crippen molar-refractivity contribution in [3.8, 4) is 50.8 Å². The number of rotatable bonds is 5. The normalized spacial score (nSPS) is 12.2. The Labute approximate surface area is 351 Å². The summed E-state index contributed by atoms with van der Waals surface area (Å²) < 4.78 is 96.5. The van der Waals surface area contributed by atoms with Gasteiger partial charge in [0.25, 0.3) is 0 Å². The van der Waals surface area contributed by atoms with Crippen molar-refractivity contribution in [3.63, 3.8) is 0 Å². The van der Waals surface area contributed by atoms with Crippen LogP contribution in [-0.4, -0.2) is 9.13 Å². The van der Waals surface area contributed by atoms with Crippen LogP contribution in [0.25, 0.3) is 88.4 Å². The minimum atomic E-state index is -5.21. The van der Waals surface area contributed by atoms with Gasteiger partial charge in [-0.15, -0.1) is 0 Å². The van der Waals surface area contributed by atoms with Crippen molar-refractivity contribution in [2.45, 2.75) is 26.2 Å². The molecule has 2 heterocycles. The van der Waals surface area contributed by atoms with E-state index in [-0.39, 0.29) is 22.5 Å². The number of hydrogen-bond donors (Lipinski definition) is 0. The number of aryl methyl sites for hydroxylation is 2. The quantitative estimate of drug-likeness (QED) is 0.159. The highest BCUT2D eigenvalue weighted by Gasteiger charge is 2.43. The predicted molar refractivity (Wildman–Crippen MR) is 236 cm³/mol. The van der Waals surface area contributed by atoms with Crippen LogP contribution in [-0.2, 0) is 12.4 Å². The van der Waals surface area contributed by atoms with Crippen molar-refractivity contribution < 1.29 is 26.3 Å². The molecule has 0 amide bonds. The van der Waals surface area contributed by atoms with Crippen molar-refractivity contribution in [1.82, 2.24) is 9.13 Å². The molecule has 62 heavy (non-hydrogen) atoms. The Morgan fingerprint density at radius 1 is 0.403 bits per heavy atom. The fourth-order valence-corrected chi connectivity index (χ4v) is 8.89. The summed E-state index contributed by atoms with van der Waals surface area (Å²) in [6.07, 6.45) is -10.4. The smallest absolute Gasteiger partial charge is 0.308 e. The molecule has 0 aliphatic carbocycles. The number of alkyl halides is 6. The monoisotopic (exact) mass is 825 g/mol. The van der Waals surface area contributed by atoms with Gasteiger partial charge in [-0.2, -0.15) is 31.6 Å². The van der Waals surface area contributed by atoms with Crippen molar-refractivity contribution in [2.24, 2.45) is 0 Å². The molecule has 0 bridgehead atoms. The first kappa shape index (κ1) is 38.6. The van der Waals surface area contributed by atoms with E-state index < -0.39 is 29.0 Å². The van der Waals surface area contributed by atoms with Crippen LogP contribution in [0.3, 0.4) is 0 Å². The lowest BCUT2D eigenvalue weighted by Gasteiger charge is -2.25. The molecule has 0 radical (unpaired) electrons. The summed E-state index contributed by atoms with van der Waals surface area (Å²) in [4.78, 5) is 0. The van der Waals surface area contributed by atoms with E-state index in [2.05, 4.69) is 6.07 Å². The maximum Gasteiger partial charge on any atom is 0.417 e. The molecule has 10 aromatic rings. The maximum absolute atomic E-state index is 15.5. The average molecular weight is 826 g/mol. The molecular formula is C53H33F6N3. The number of halogens is 6. The second kappa shape index (κ2) is 14.3. The van der Waals surface area contributed by atoms with Gasteiger partial charge in [0, 0.05) is 32.7 Å². The van der Waals surface area contributed by atoms with E-state index in [4.69, 9.17) is 0 Å². The Hall–Kier alpha value is -7.57. The summed E-state index contributed by atoms with van der Waals surface area (Å²) in [7, 11) is 0. The number of nitrogens with zero attached hydrogens (tertiary/aromatic N) is 3. The third-order valence-electron chi connectivity index (χ3n) is 11.8. The highest BCUT2D eigenvalue weighted by atomic mass is 19.4. The van der Waals surface area contributed by atoms with Gasteiger partial charge in [-0.1, -0.05) is 126 Å². The molecule has 0 N–H and O–H groups in total. The SMILES string of the molecule is Cc1ccc(-c2ccc3c4ccccc4n(-c4cc(C#N)cc(-n5c6ccccc6c6ccc(-c7ccc(C)cc7)cc65)c4-c4c(C(F)(F)F)cccc4C(F)(F)F)c3c2)cc1. The molecule has 0 unspecified atom stereocenters. The molecule has 0 aliphatic rings. The van der Waals surface area contributed by atoms with Gasteiger partial charge in [-0.3, -0.25) is 0 Å². The number of nitriles is 1. The molecule has 302 valence electrons. The van der Waals surface area contributed by atoms with Gasteiger partial charge in [0.05, 0.1) is 56.2 Å². The first-order valence-corrected chi connectivity index (χ1v) is 19.9. The van der Waals surface area contributed by atoms with E-state index in [1.165, 1.54) is 12.1 Å². The van der Waals surface area contributed by atoms with Gasteiger partial charge < -0.3 is 9.13 Å². The largest absolute Gasteiger partial charge is 0.417 e. The predicted octanol–water partition coefficient (Wildman–Crippen LogP) is 15.4. The Morgan fingerprint density at radius 3 is 1.19 bits per heavy atom. The summed E-state index contributed by atoms with van der Waals surface area (Å²) >= 11 is 0. The molecule has 3 nitrogen and oxygen atoms in total. The molecule has 0 atom stereocenters. The number of aromatic nitrogens is 2. The van der Waals surface area contributed by atoms with E-state index in [9.17, 15) is 5.26 Å². The molecule has 2 aromatic heterocycles. The van der Waals surface area contributed by atoms with Gasteiger partial charge in [0.15, 0.2) is 0 Å². The summed E-state index contributed by atoms with van der Waals surface area (Å²) in [6, 6.07) is 49.0. The highest BCUT2D eigenvalue weighted by Crippen LogP contribution is 2.51. The second-order valence-electron chi connectivity index (χ2n) is 15.6. The summed E-state index contributed by atoms with van der Waals surface area (Å²) in [5, 5.41) is 13.7. The molecule has 10 rings (SSSR count). The Kier molecular flexibility index (Phi) is 8.89. The zero-order valence-corrected chi connectivity index (χ0v) is 33.2. The van der Waals surface area contributed by atoms with Crippen LogP contribution >= 0.6 is 0 Å². The van der Waals surface area contributed by atoms with E-state index in [1.807, 2.05) is 123 Å². The lowest BCUT2D eigenvalue weighted by atomic mass is 9.89. The summed E-state index contributed by atoms with van der Waals surface area (Å²) in [6.45, 7) is 3.95. The van der Waals surface area contributed by atoms with Gasteiger partial charge >= 0.3 is 12.4 Å². The summed E-state index contributed by atoms with van der Waals surface area (Å²) in [5.74, 6) is 0. The minimum absolute atomic E-state index is 0.0193. The molecule has 0 fully saturated rings. The lowest BCUT2D eigenvalue weighted by molar-refractivity contribution is -0.142. The van der Waals surface area contributed by atoms with Crippen molar-refractivity contribution in [1.29, 1.82) is 5.26 Å². The number of hydrogen-bond acceptors (Lipinski definition) is 1. The van der Waals surface area contributed by atoms with E-state index >= 15 is 26.3 Å². The minimum Gasteiger partial charge on any atom is -0.308 e. The van der Waals surface area contributed by atoms with Crippen LogP contribution in [0.4, 0.5) is 26.3 Å². The first-order valence-electron chi connectivity index (χ1n) is 19.9. The first-order chi connectivity index (χ1) is 29.8. The van der Waals surface area contributed by atoms with E-state index in [0.29, 0.717) is 34.2 Å². The molecule has 0 spiro atoms. The molecule has 0 saturated heterocycles. The van der Waals surface area contributed by atoms with Crippen molar-refractivity contribution >= 4 is 43.6 Å². The standard InChI is InChI=1S/C53H33F6N3/c1-31-14-18-34(19-15-31)36-22-24-40-38-8-3-5-12-44(38)61(46(40)28-36)48-26-33(30-60)27-49(51(48)50-42(52(54,55)56)10-7-11-43(50)53(57,58)59)62-45-13-6-4-9-39(45)41-25-23-37(29-47(41)62)35-20-16-32(2)17-21-35/h3-29H,1-2H3. The van der Waals surface area contributed by atoms with Crippen LogP contribution in [0.5, 0.6) is 0 Å². The van der Waals surface area contributed by atoms with E-state index in [0.717, 1.165) is 61.0 Å². The number of para-hydroxylation sites is 2. The Morgan fingerprint density at radius 2 is 0.790 bits per heavy atom. The van der Waals surface area contributed by atoms with Crippen LogP contribution in [0.1, 0.15) is 27.8 Å². The van der Waals surface area contributed by atoms with Crippen LogP contribution < -0.4 is 0 Å². The maximum atomic E-state index is 15.5. The Balaban J connectivity index is 1.43. The highest BCUT2D eigenvalue weighted by molar-refractivity contribution is 6.13. The third kappa shape index (κ3) is 6.29. The van der Waals surface area contributed by atoms with Gasteiger partial charge in [0.2, 0.25) is 0 Å². The van der Waals surface area contributed by atoms with Gasteiger partial charge in [-0.05, 0) is 84.6 Å². The molecule has 0 aliphatic heterocycles. The number of benzene rings is 8. The van der Waals surface area contributed by atoms with Crippen molar-refractivity contribution in [2.75, 3.05) is 0 Å². The Bertz CT molecular complexity index is 3240. The van der Waals surface area contributed by atoms with E-state index in [1.54, 1.807) is 33.4 Å². The molecule has 9 heteroatoms. The van der Waals surface area contributed by atoms with Gasteiger partial charge in [-0.25, -0.2) is 0 Å². The van der Waals surface area contributed by atoms with Crippen molar-refractivity contribution in [3.05, 3.63) is 192 Å². The third-order valence-corrected chi connectivity index (χ3v) is 11.8. The molecule has 0 saturated carbocycles.